The van der Waals surface area contributed by atoms with E-state index < -0.39 is 47.4 Å². The zero-order valence-electron chi connectivity index (χ0n) is 19.9. The van der Waals surface area contributed by atoms with Crippen molar-refractivity contribution in [2.24, 2.45) is 0 Å². The van der Waals surface area contributed by atoms with Crippen LogP contribution < -0.4 is 4.72 Å². The number of carboxylic acid groups (broad SMARTS) is 1. The highest BCUT2D eigenvalue weighted by Gasteiger charge is 2.38. The quantitative estimate of drug-likeness (QED) is 0.291. The number of nitrogens with one attached hydrogen (secondary N) is 1. The van der Waals surface area contributed by atoms with Gasteiger partial charge in [-0.15, -0.1) is 0 Å². The average Bonchev–Trinajstić information content (AvgIpc) is 2.92. The molecule has 0 aromatic heterocycles. The van der Waals surface area contributed by atoms with Gasteiger partial charge in [-0.3, -0.25) is 0 Å². The SMILES string of the molecule is O=C(O)c1cccc(-c2ccc(CNS(=O)(=O)c3cc(S(=O)(=O)c4ccccc4)ccc3C(F)(F)F)cc2)c1. The molecule has 7 nitrogen and oxygen atoms in total. The van der Waals surface area contributed by atoms with Crippen LogP contribution in [0.2, 0.25) is 0 Å². The third kappa shape index (κ3) is 6.19. The molecule has 0 aliphatic carbocycles. The number of sulfonamides is 1. The molecule has 0 heterocycles. The fourth-order valence-electron chi connectivity index (χ4n) is 3.77. The molecule has 0 unspecified atom stereocenters. The van der Waals surface area contributed by atoms with Crippen molar-refractivity contribution < 1.29 is 39.9 Å². The molecule has 12 heteroatoms. The minimum absolute atomic E-state index is 0.0846. The van der Waals surface area contributed by atoms with Crippen molar-refractivity contribution in [2.45, 2.75) is 27.4 Å². The van der Waals surface area contributed by atoms with Crippen LogP contribution in [0.4, 0.5) is 13.2 Å². The van der Waals surface area contributed by atoms with Crippen LogP contribution in [0.15, 0.2) is 112 Å². The summed E-state index contributed by atoms with van der Waals surface area (Å²) >= 11 is 0. The third-order valence-electron chi connectivity index (χ3n) is 5.77. The summed E-state index contributed by atoms with van der Waals surface area (Å²) in [6, 6.07) is 21.1. The van der Waals surface area contributed by atoms with Gasteiger partial charge in [-0.2, -0.15) is 13.2 Å². The summed E-state index contributed by atoms with van der Waals surface area (Å²) in [7, 11) is -9.10. The Morgan fingerprint density at radius 1 is 0.744 bits per heavy atom. The van der Waals surface area contributed by atoms with E-state index in [-0.39, 0.29) is 17.0 Å². The van der Waals surface area contributed by atoms with Crippen LogP contribution in [0.3, 0.4) is 0 Å². The maximum Gasteiger partial charge on any atom is 0.417 e. The minimum Gasteiger partial charge on any atom is -0.478 e. The number of hydrogen-bond acceptors (Lipinski definition) is 5. The van der Waals surface area contributed by atoms with Crippen LogP contribution in [0.1, 0.15) is 21.5 Å². The zero-order chi connectivity index (χ0) is 28.4. The lowest BCUT2D eigenvalue weighted by molar-refractivity contribution is -0.139. The Morgan fingerprint density at radius 2 is 1.41 bits per heavy atom. The van der Waals surface area contributed by atoms with E-state index in [0.29, 0.717) is 28.8 Å². The standard InChI is InChI=1S/C27H20F3NO6S2/c28-27(29,30)24-14-13-23(38(34,35)22-7-2-1-3-8-22)16-25(24)39(36,37)31-17-18-9-11-19(12-10-18)20-5-4-6-21(15-20)26(32)33/h1-16,31H,17H2,(H,32,33). The number of alkyl halides is 3. The molecule has 0 saturated carbocycles. The number of sulfone groups is 1. The molecule has 0 aliphatic heterocycles. The van der Waals surface area contributed by atoms with Crippen molar-refractivity contribution in [1.29, 1.82) is 0 Å². The van der Waals surface area contributed by atoms with Gasteiger partial charge in [0, 0.05) is 6.54 Å². The fraction of sp³-hybridized carbons (Fsp3) is 0.0741. The number of rotatable bonds is 8. The van der Waals surface area contributed by atoms with E-state index in [1.165, 1.54) is 48.5 Å². The normalized spacial score (nSPS) is 12.3. The first-order valence-electron chi connectivity index (χ1n) is 11.2. The molecule has 0 aliphatic rings. The summed E-state index contributed by atoms with van der Waals surface area (Å²) < 4.78 is 95.1. The van der Waals surface area contributed by atoms with Crippen molar-refractivity contribution in [3.63, 3.8) is 0 Å². The van der Waals surface area contributed by atoms with Crippen LogP contribution in [-0.2, 0) is 32.6 Å². The van der Waals surface area contributed by atoms with Gasteiger partial charge in [0.15, 0.2) is 0 Å². The van der Waals surface area contributed by atoms with E-state index in [2.05, 4.69) is 4.72 Å². The topological polar surface area (TPSA) is 118 Å². The van der Waals surface area contributed by atoms with E-state index in [1.54, 1.807) is 30.3 Å². The molecule has 4 aromatic carbocycles. The molecule has 0 radical (unpaired) electrons. The first-order chi connectivity index (χ1) is 18.3. The maximum absolute atomic E-state index is 13.7. The predicted octanol–water partition coefficient (Wildman–Crippen LogP) is 5.38. The van der Waals surface area contributed by atoms with Gasteiger partial charge in [-0.25, -0.2) is 26.4 Å². The van der Waals surface area contributed by atoms with Gasteiger partial charge >= 0.3 is 12.1 Å². The minimum atomic E-state index is -5.06. The molecule has 202 valence electrons. The van der Waals surface area contributed by atoms with E-state index in [0.717, 1.165) is 6.07 Å². The second-order valence-electron chi connectivity index (χ2n) is 8.38. The number of hydrogen-bond donors (Lipinski definition) is 2. The van der Waals surface area contributed by atoms with Crippen molar-refractivity contribution in [3.05, 3.63) is 114 Å². The molecule has 0 bridgehead atoms. The van der Waals surface area contributed by atoms with Gasteiger partial charge in [0.1, 0.15) is 0 Å². The Bertz CT molecular complexity index is 1740. The first kappa shape index (κ1) is 28.0. The molecule has 4 aromatic rings. The fourth-order valence-corrected chi connectivity index (χ4v) is 6.41. The monoisotopic (exact) mass is 575 g/mol. The molecule has 2 N–H and O–H groups in total. The smallest absolute Gasteiger partial charge is 0.417 e. The Labute approximate surface area is 222 Å². The van der Waals surface area contributed by atoms with Gasteiger partial charge in [-0.1, -0.05) is 54.6 Å². The lowest BCUT2D eigenvalue weighted by Crippen LogP contribution is -2.26. The molecule has 4 rings (SSSR count). The first-order valence-corrected chi connectivity index (χ1v) is 14.2. The van der Waals surface area contributed by atoms with Crippen LogP contribution >= 0.6 is 0 Å². The number of carboxylic acids is 1. The Morgan fingerprint density at radius 3 is 2.03 bits per heavy atom. The number of aromatic carboxylic acids is 1. The number of carbonyl (C=O) groups is 1. The zero-order valence-corrected chi connectivity index (χ0v) is 21.5. The van der Waals surface area contributed by atoms with Crippen LogP contribution in [0, 0.1) is 0 Å². The molecule has 39 heavy (non-hydrogen) atoms. The van der Waals surface area contributed by atoms with Crippen LogP contribution in [0.25, 0.3) is 11.1 Å². The lowest BCUT2D eigenvalue weighted by atomic mass is 10.0. The lowest BCUT2D eigenvalue weighted by Gasteiger charge is -2.16. The summed E-state index contributed by atoms with van der Waals surface area (Å²) in [6.45, 7) is -0.384. The van der Waals surface area contributed by atoms with Gasteiger partial charge in [0.2, 0.25) is 19.9 Å². The highest BCUT2D eigenvalue weighted by atomic mass is 32.2. The van der Waals surface area contributed by atoms with Crippen molar-refractivity contribution in [1.82, 2.24) is 4.72 Å². The predicted molar refractivity (Wildman–Crippen MR) is 136 cm³/mol. The van der Waals surface area contributed by atoms with E-state index in [4.69, 9.17) is 5.11 Å². The Kier molecular flexibility index (Phi) is 7.64. The third-order valence-corrected chi connectivity index (χ3v) is 8.98. The molecule has 0 fully saturated rings. The number of halogens is 3. The summed E-state index contributed by atoms with van der Waals surface area (Å²) in [5.74, 6) is -1.10. The van der Waals surface area contributed by atoms with Gasteiger partial charge < -0.3 is 5.11 Å². The highest BCUT2D eigenvalue weighted by Crippen LogP contribution is 2.36. The second kappa shape index (κ2) is 10.6. The van der Waals surface area contributed by atoms with E-state index in [9.17, 15) is 34.8 Å². The summed E-state index contributed by atoms with van der Waals surface area (Å²) in [5.41, 5.74) is 0.228. The van der Waals surface area contributed by atoms with E-state index in [1.807, 2.05) is 0 Å². The Balaban J connectivity index is 1.63. The molecule has 0 spiro atoms. The summed E-state index contributed by atoms with van der Waals surface area (Å²) in [4.78, 5) is 9.19. The Hall–Kier alpha value is -4.00. The van der Waals surface area contributed by atoms with Crippen LogP contribution in [0.5, 0.6) is 0 Å². The van der Waals surface area contributed by atoms with Crippen LogP contribution in [-0.4, -0.2) is 27.9 Å². The number of benzene rings is 4. The van der Waals surface area contributed by atoms with Crippen molar-refractivity contribution >= 4 is 25.8 Å². The molecule has 0 saturated heterocycles. The van der Waals surface area contributed by atoms with Crippen molar-refractivity contribution in [3.8, 4) is 11.1 Å². The van der Waals surface area contributed by atoms with Crippen molar-refractivity contribution in [2.75, 3.05) is 0 Å². The highest BCUT2D eigenvalue weighted by molar-refractivity contribution is 7.91. The molecule has 0 atom stereocenters. The van der Waals surface area contributed by atoms with E-state index >= 15 is 0 Å². The maximum atomic E-state index is 13.7. The summed E-state index contributed by atoms with van der Waals surface area (Å²) in [5, 5.41) is 9.16. The second-order valence-corrected chi connectivity index (χ2v) is 12.1. The molecular formula is C27H20F3NO6S2. The largest absolute Gasteiger partial charge is 0.478 e. The molecular weight excluding hydrogens is 555 g/mol. The summed E-state index contributed by atoms with van der Waals surface area (Å²) in [6.07, 6.45) is -5.06. The van der Waals surface area contributed by atoms with Gasteiger partial charge in [-0.05, 0) is 59.2 Å². The van der Waals surface area contributed by atoms with Gasteiger partial charge in [0.25, 0.3) is 0 Å². The molecule has 0 amide bonds. The van der Waals surface area contributed by atoms with Gasteiger partial charge in [0.05, 0.1) is 25.8 Å². The average molecular weight is 576 g/mol.